The average Bonchev–Trinajstić information content (AvgIpc) is 3.22. The monoisotopic (exact) mass is 370 g/mol. The summed E-state index contributed by atoms with van der Waals surface area (Å²) in [5.74, 6) is 0.0873. The van der Waals surface area contributed by atoms with Crippen LogP contribution in [-0.2, 0) is 11.3 Å². The van der Waals surface area contributed by atoms with Crippen molar-refractivity contribution in [3.05, 3.63) is 35.3 Å². The van der Waals surface area contributed by atoms with E-state index in [4.69, 9.17) is 9.72 Å². The van der Waals surface area contributed by atoms with E-state index in [1.165, 1.54) is 12.8 Å². The summed E-state index contributed by atoms with van der Waals surface area (Å²) in [6, 6.07) is 4.54. The molecule has 6 heteroatoms. The normalized spacial score (nSPS) is 21.1. The molecule has 0 unspecified atom stereocenters. The summed E-state index contributed by atoms with van der Waals surface area (Å²) in [6.07, 6.45) is 7.70. The SMILES string of the molecule is Cc1ccn2c(CN(C)[C@@H]3CCOC3)c(C(=O)N3CCCCCC3)nc2c1. The minimum Gasteiger partial charge on any atom is -0.380 e. The molecule has 2 aliphatic heterocycles. The van der Waals surface area contributed by atoms with Crippen LogP contribution in [0.5, 0.6) is 0 Å². The van der Waals surface area contributed by atoms with Crippen molar-refractivity contribution < 1.29 is 9.53 Å². The van der Waals surface area contributed by atoms with Crippen molar-refractivity contribution >= 4 is 11.6 Å². The van der Waals surface area contributed by atoms with Crippen molar-refractivity contribution in [3.63, 3.8) is 0 Å². The van der Waals surface area contributed by atoms with Crippen LogP contribution in [0.4, 0.5) is 0 Å². The van der Waals surface area contributed by atoms with Crippen molar-refractivity contribution in [2.75, 3.05) is 33.4 Å². The van der Waals surface area contributed by atoms with Gasteiger partial charge in [0, 0.05) is 38.5 Å². The molecule has 27 heavy (non-hydrogen) atoms. The minimum absolute atomic E-state index is 0.0873. The Bertz CT molecular complexity index is 802. The highest BCUT2D eigenvalue weighted by Crippen LogP contribution is 2.22. The number of fused-ring (bicyclic) bond motifs is 1. The maximum atomic E-state index is 13.3. The van der Waals surface area contributed by atoms with Crippen LogP contribution in [0, 0.1) is 6.92 Å². The summed E-state index contributed by atoms with van der Waals surface area (Å²) in [7, 11) is 2.12. The zero-order chi connectivity index (χ0) is 18.8. The molecule has 0 saturated carbocycles. The third kappa shape index (κ3) is 3.87. The van der Waals surface area contributed by atoms with E-state index in [9.17, 15) is 4.79 Å². The number of carbonyl (C=O) groups is 1. The summed E-state index contributed by atoms with van der Waals surface area (Å²) in [5, 5.41) is 0. The van der Waals surface area contributed by atoms with Crippen LogP contribution in [0.15, 0.2) is 18.3 Å². The number of rotatable bonds is 4. The van der Waals surface area contributed by atoms with Crippen molar-refractivity contribution in [3.8, 4) is 0 Å². The molecule has 0 spiro atoms. The van der Waals surface area contributed by atoms with Gasteiger partial charge in [-0.3, -0.25) is 9.69 Å². The number of likely N-dealkylation sites (tertiary alicyclic amines) is 1. The van der Waals surface area contributed by atoms with Crippen LogP contribution in [0.2, 0.25) is 0 Å². The molecule has 2 saturated heterocycles. The number of hydrogen-bond acceptors (Lipinski definition) is 4. The number of likely N-dealkylation sites (N-methyl/N-ethyl adjacent to an activating group) is 1. The third-order valence-electron chi connectivity index (χ3n) is 5.90. The fraction of sp³-hybridized carbons (Fsp3) is 0.619. The number of nitrogens with zero attached hydrogens (tertiary/aromatic N) is 4. The summed E-state index contributed by atoms with van der Waals surface area (Å²) in [6.45, 7) is 6.04. The Morgan fingerprint density at radius 2 is 2.07 bits per heavy atom. The number of carbonyl (C=O) groups excluding carboxylic acids is 1. The molecule has 0 radical (unpaired) electrons. The lowest BCUT2D eigenvalue weighted by molar-refractivity contribution is 0.0753. The minimum atomic E-state index is 0.0873. The Morgan fingerprint density at radius 3 is 2.78 bits per heavy atom. The van der Waals surface area contributed by atoms with Gasteiger partial charge in [0.2, 0.25) is 0 Å². The number of aromatic nitrogens is 2. The van der Waals surface area contributed by atoms with E-state index < -0.39 is 0 Å². The van der Waals surface area contributed by atoms with E-state index in [1.807, 2.05) is 11.1 Å². The van der Waals surface area contributed by atoms with Gasteiger partial charge in [-0.1, -0.05) is 12.8 Å². The molecule has 146 valence electrons. The Labute approximate surface area is 161 Å². The van der Waals surface area contributed by atoms with E-state index >= 15 is 0 Å². The number of ether oxygens (including phenoxy) is 1. The molecule has 0 N–H and O–H groups in total. The van der Waals surface area contributed by atoms with Gasteiger partial charge in [-0.25, -0.2) is 4.98 Å². The zero-order valence-electron chi connectivity index (χ0n) is 16.5. The molecule has 0 aromatic carbocycles. The largest absolute Gasteiger partial charge is 0.380 e. The molecule has 2 aromatic heterocycles. The van der Waals surface area contributed by atoms with Gasteiger partial charge in [0.25, 0.3) is 5.91 Å². The highest BCUT2D eigenvalue weighted by atomic mass is 16.5. The van der Waals surface area contributed by atoms with Crippen LogP contribution in [0.25, 0.3) is 5.65 Å². The molecule has 2 aliphatic rings. The highest BCUT2D eigenvalue weighted by Gasteiger charge is 2.27. The molecule has 0 aliphatic carbocycles. The second-order valence-corrected chi connectivity index (χ2v) is 7.98. The van der Waals surface area contributed by atoms with Crippen LogP contribution in [0.3, 0.4) is 0 Å². The zero-order valence-corrected chi connectivity index (χ0v) is 16.5. The lowest BCUT2D eigenvalue weighted by atomic mass is 10.2. The highest BCUT2D eigenvalue weighted by molar-refractivity contribution is 5.94. The molecule has 6 nitrogen and oxygen atoms in total. The van der Waals surface area contributed by atoms with E-state index in [1.54, 1.807) is 0 Å². The van der Waals surface area contributed by atoms with Gasteiger partial charge in [-0.2, -0.15) is 0 Å². The standard InChI is InChI=1S/C21H30N4O2/c1-16-7-11-25-18(14-23(2)17-8-12-27-15-17)20(22-19(25)13-16)21(26)24-9-5-3-4-6-10-24/h7,11,13,17H,3-6,8-10,12,14-15H2,1-2H3/t17-/m1/s1. The van der Waals surface area contributed by atoms with Crippen LogP contribution >= 0.6 is 0 Å². The van der Waals surface area contributed by atoms with Crippen molar-refractivity contribution in [1.82, 2.24) is 19.2 Å². The van der Waals surface area contributed by atoms with E-state index in [2.05, 4.69) is 35.4 Å². The molecule has 0 bridgehead atoms. The maximum Gasteiger partial charge on any atom is 0.274 e. The van der Waals surface area contributed by atoms with E-state index in [0.29, 0.717) is 18.3 Å². The lowest BCUT2D eigenvalue weighted by Gasteiger charge is -2.24. The first kappa shape index (κ1) is 18.4. The first-order valence-electron chi connectivity index (χ1n) is 10.2. The fourth-order valence-corrected chi connectivity index (χ4v) is 4.18. The molecule has 2 aromatic rings. The predicted octanol–water partition coefficient (Wildman–Crippen LogP) is 2.88. The number of hydrogen-bond donors (Lipinski definition) is 0. The van der Waals surface area contributed by atoms with Gasteiger partial charge in [0.1, 0.15) is 5.65 Å². The third-order valence-corrected chi connectivity index (χ3v) is 5.90. The Balaban J connectivity index is 1.68. The van der Waals surface area contributed by atoms with E-state index in [-0.39, 0.29) is 5.91 Å². The lowest BCUT2D eigenvalue weighted by Crippen LogP contribution is -2.35. The first-order chi connectivity index (χ1) is 13.1. The molecule has 4 rings (SSSR count). The number of imidazole rings is 1. The summed E-state index contributed by atoms with van der Waals surface area (Å²) in [5.41, 5.74) is 3.63. The Kier molecular flexibility index (Phi) is 5.45. The average molecular weight is 370 g/mol. The van der Waals surface area contributed by atoms with Crippen LogP contribution in [-0.4, -0.2) is 64.5 Å². The number of amides is 1. The van der Waals surface area contributed by atoms with Crippen LogP contribution < -0.4 is 0 Å². The van der Waals surface area contributed by atoms with Gasteiger partial charge in [0.05, 0.1) is 12.3 Å². The van der Waals surface area contributed by atoms with Crippen molar-refractivity contribution in [2.45, 2.75) is 51.6 Å². The fourth-order valence-electron chi connectivity index (χ4n) is 4.18. The van der Waals surface area contributed by atoms with Gasteiger partial charge < -0.3 is 14.0 Å². The van der Waals surface area contributed by atoms with Gasteiger partial charge in [-0.05, 0) is 50.9 Å². The van der Waals surface area contributed by atoms with Crippen molar-refractivity contribution in [2.24, 2.45) is 0 Å². The smallest absolute Gasteiger partial charge is 0.274 e. The van der Waals surface area contributed by atoms with Gasteiger partial charge in [0.15, 0.2) is 5.69 Å². The molecule has 4 heterocycles. The first-order valence-corrected chi connectivity index (χ1v) is 10.2. The quantitative estimate of drug-likeness (QED) is 0.830. The second-order valence-electron chi connectivity index (χ2n) is 7.98. The number of aryl methyl sites for hydroxylation is 1. The summed E-state index contributed by atoms with van der Waals surface area (Å²) in [4.78, 5) is 22.4. The predicted molar refractivity (Wildman–Crippen MR) is 105 cm³/mol. The van der Waals surface area contributed by atoms with Crippen molar-refractivity contribution in [1.29, 1.82) is 0 Å². The number of pyridine rings is 1. The van der Waals surface area contributed by atoms with Crippen LogP contribution in [0.1, 0.15) is 53.8 Å². The molecule has 1 atom stereocenters. The molecule has 1 amide bonds. The summed E-state index contributed by atoms with van der Waals surface area (Å²) >= 11 is 0. The van der Waals surface area contributed by atoms with Gasteiger partial charge >= 0.3 is 0 Å². The van der Waals surface area contributed by atoms with Gasteiger partial charge in [-0.15, -0.1) is 0 Å². The molecular formula is C21H30N4O2. The second kappa shape index (κ2) is 7.98. The topological polar surface area (TPSA) is 50.1 Å². The molecule has 2 fully saturated rings. The van der Waals surface area contributed by atoms with E-state index in [0.717, 1.165) is 62.5 Å². The maximum absolute atomic E-state index is 13.3. The molecular weight excluding hydrogens is 340 g/mol. The Morgan fingerprint density at radius 1 is 1.30 bits per heavy atom. The Hall–Kier alpha value is -1.92. The summed E-state index contributed by atoms with van der Waals surface area (Å²) < 4.78 is 7.64.